The highest BCUT2D eigenvalue weighted by Gasteiger charge is 2.14. The van der Waals surface area contributed by atoms with Crippen LogP contribution in [-0.2, 0) is 0 Å². The molecule has 16 heavy (non-hydrogen) atoms. The lowest BCUT2D eigenvalue weighted by atomic mass is 10.1. The fourth-order valence-corrected chi connectivity index (χ4v) is 2.63. The normalized spacial score (nSPS) is 12.7. The third-order valence-electron chi connectivity index (χ3n) is 2.25. The highest BCUT2D eigenvalue weighted by molar-refractivity contribution is 7.16. The lowest BCUT2D eigenvalue weighted by Gasteiger charge is -2.14. The summed E-state index contributed by atoms with van der Waals surface area (Å²) in [6, 6.07) is 9.79. The molecule has 1 heterocycles. The zero-order valence-electron chi connectivity index (χ0n) is 8.28. The van der Waals surface area contributed by atoms with Crippen LogP contribution in [0.25, 0.3) is 0 Å². The number of thiophene rings is 1. The van der Waals surface area contributed by atoms with E-state index in [0.717, 1.165) is 10.4 Å². The summed E-state index contributed by atoms with van der Waals surface area (Å²) >= 11 is 7.31. The Labute approximate surface area is 102 Å². The summed E-state index contributed by atoms with van der Waals surface area (Å²) in [7, 11) is 0. The average Bonchev–Trinajstić information content (AvgIpc) is 2.69. The van der Waals surface area contributed by atoms with Crippen molar-refractivity contribution in [2.24, 2.45) is 5.84 Å². The molecule has 1 aromatic carbocycles. The van der Waals surface area contributed by atoms with Crippen LogP contribution in [0.1, 0.15) is 16.5 Å². The van der Waals surface area contributed by atoms with Crippen molar-refractivity contribution in [1.82, 2.24) is 5.43 Å². The van der Waals surface area contributed by atoms with Crippen molar-refractivity contribution in [2.75, 3.05) is 0 Å². The Hall–Kier alpha value is -0.940. The van der Waals surface area contributed by atoms with Crippen LogP contribution < -0.4 is 11.3 Å². The molecule has 0 radical (unpaired) electrons. The maximum atomic E-state index is 12.8. The number of hydrogen-bond donors (Lipinski definition) is 2. The van der Waals surface area contributed by atoms with Gasteiger partial charge < -0.3 is 0 Å². The van der Waals surface area contributed by atoms with Gasteiger partial charge in [-0.2, -0.15) is 0 Å². The molecule has 1 atom stereocenters. The van der Waals surface area contributed by atoms with Gasteiger partial charge in [0.1, 0.15) is 5.82 Å². The molecular formula is C11H10ClFN2S. The van der Waals surface area contributed by atoms with Gasteiger partial charge in [0.2, 0.25) is 0 Å². The zero-order valence-corrected chi connectivity index (χ0v) is 9.86. The van der Waals surface area contributed by atoms with E-state index in [1.54, 1.807) is 12.1 Å². The Kier molecular flexibility index (Phi) is 3.56. The molecule has 0 aliphatic carbocycles. The van der Waals surface area contributed by atoms with E-state index in [9.17, 15) is 4.39 Å². The minimum absolute atomic E-state index is 0.155. The molecule has 3 N–H and O–H groups in total. The molecule has 0 saturated carbocycles. The van der Waals surface area contributed by atoms with Crippen LogP contribution in [0.2, 0.25) is 4.34 Å². The predicted molar refractivity (Wildman–Crippen MR) is 64.9 cm³/mol. The van der Waals surface area contributed by atoms with E-state index in [1.165, 1.54) is 23.5 Å². The average molecular weight is 257 g/mol. The van der Waals surface area contributed by atoms with Crippen molar-refractivity contribution in [3.8, 4) is 0 Å². The number of hydrogen-bond acceptors (Lipinski definition) is 3. The molecule has 1 unspecified atom stereocenters. The Morgan fingerprint density at radius 3 is 2.38 bits per heavy atom. The van der Waals surface area contributed by atoms with Crippen LogP contribution >= 0.6 is 22.9 Å². The highest BCUT2D eigenvalue weighted by Crippen LogP contribution is 2.30. The van der Waals surface area contributed by atoms with E-state index in [2.05, 4.69) is 5.43 Å². The highest BCUT2D eigenvalue weighted by atomic mass is 35.5. The van der Waals surface area contributed by atoms with Gasteiger partial charge in [0, 0.05) is 4.88 Å². The quantitative estimate of drug-likeness (QED) is 0.654. The molecule has 0 aliphatic rings. The van der Waals surface area contributed by atoms with Gasteiger partial charge in [-0.1, -0.05) is 23.7 Å². The number of nitrogens with two attached hydrogens (primary N) is 1. The second-order valence-electron chi connectivity index (χ2n) is 3.29. The zero-order chi connectivity index (χ0) is 11.5. The molecule has 1 aromatic heterocycles. The largest absolute Gasteiger partial charge is 0.271 e. The second-order valence-corrected chi connectivity index (χ2v) is 5.04. The number of nitrogens with one attached hydrogen (secondary N) is 1. The van der Waals surface area contributed by atoms with Gasteiger partial charge in [-0.25, -0.2) is 9.82 Å². The number of rotatable bonds is 3. The fourth-order valence-electron chi connectivity index (χ4n) is 1.48. The summed E-state index contributed by atoms with van der Waals surface area (Å²) in [5.74, 6) is 5.24. The smallest absolute Gasteiger partial charge is 0.123 e. The van der Waals surface area contributed by atoms with E-state index < -0.39 is 0 Å². The van der Waals surface area contributed by atoms with Crippen LogP contribution in [0, 0.1) is 5.82 Å². The number of halogens is 2. The van der Waals surface area contributed by atoms with E-state index >= 15 is 0 Å². The Morgan fingerprint density at radius 1 is 1.19 bits per heavy atom. The monoisotopic (exact) mass is 256 g/mol. The summed E-state index contributed by atoms with van der Waals surface area (Å²) in [6.45, 7) is 0. The fraction of sp³-hybridized carbons (Fsp3) is 0.0909. The van der Waals surface area contributed by atoms with Gasteiger partial charge in [0.05, 0.1) is 10.4 Å². The van der Waals surface area contributed by atoms with Gasteiger partial charge in [-0.05, 0) is 29.8 Å². The van der Waals surface area contributed by atoms with E-state index in [1.807, 2.05) is 12.1 Å². The van der Waals surface area contributed by atoms with Gasteiger partial charge in [0.15, 0.2) is 0 Å². The molecule has 2 rings (SSSR count). The van der Waals surface area contributed by atoms with E-state index in [-0.39, 0.29) is 11.9 Å². The van der Waals surface area contributed by atoms with Gasteiger partial charge in [-0.3, -0.25) is 5.84 Å². The molecule has 0 aliphatic heterocycles. The second kappa shape index (κ2) is 4.93. The summed E-state index contributed by atoms with van der Waals surface area (Å²) in [4.78, 5) is 0.999. The molecule has 0 saturated heterocycles. The topological polar surface area (TPSA) is 38.0 Å². The molecule has 2 nitrogen and oxygen atoms in total. The van der Waals surface area contributed by atoms with Gasteiger partial charge >= 0.3 is 0 Å². The van der Waals surface area contributed by atoms with Gasteiger partial charge in [-0.15, -0.1) is 11.3 Å². The van der Waals surface area contributed by atoms with Crippen LogP contribution in [0.3, 0.4) is 0 Å². The molecule has 84 valence electrons. The first-order valence-electron chi connectivity index (χ1n) is 4.67. The van der Waals surface area contributed by atoms with Crippen molar-refractivity contribution >= 4 is 22.9 Å². The maximum absolute atomic E-state index is 12.8. The first-order chi connectivity index (χ1) is 7.70. The lowest BCUT2D eigenvalue weighted by molar-refractivity contribution is 0.618. The Morgan fingerprint density at radius 2 is 1.88 bits per heavy atom. The summed E-state index contributed by atoms with van der Waals surface area (Å²) in [6.07, 6.45) is 0. The van der Waals surface area contributed by atoms with Crippen molar-refractivity contribution in [3.05, 3.63) is 57.0 Å². The van der Waals surface area contributed by atoms with Crippen molar-refractivity contribution in [3.63, 3.8) is 0 Å². The third kappa shape index (κ3) is 2.41. The van der Waals surface area contributed by atoms with Gasteiger partial charge in [0.25, 0.3) is 0 Å². The number of hydrazine groups is 1. The van der Waals surface area contributed by atoms with E-state index in [0.29, 0.717) is 4.34 Å². The third-order valence-corrected chi connectivity index (χ3v) is 3.54. The van der Waals surface area contributed by atoms with Crippen molar-refractivity contribution in [1.29, 1.82) is 0 Å². The minimum atomic E-state index is -0.260. The van der Waals surface area contributed by atoms with Crippen LogP contribution in [0.15, 0.2) is 36.4 Å². The standard InChI is InChI=1S/C11H10ClFN2S/c12-10-6-5-9(16-10)11(15-14)7-1-3-8(13)4-2-7/h1-6,11,15H,14H2. The molecule has 0 fully saturated rings. The molecule has 0 bridgehead atoms. The van der Waals surface area contributed by atoms with Crippen LogP contribution in [-0.4, -0.2) is 0 Å². The summed E-state index contributed by atoms with van der Waals surface area (Å²) in [5, 5.41) is 0. The van der Waals surface area contributed by atoms with Crippen LogP contribution in [0.5, 0.6) is 0 Å². The molecule has 0 spiro atoms. The SMILES string of the molecule is NNC(c1ccc(F)cc1)c1ccc(Cl)s1. The lowest BCUT2D eigenvalue weighted by Crippen LogP contribution is -2.28. The maximum Gasteiger partial charge on any atom is 0.123 e. The first-order valence-corrected chi connectivity index (χ1v) is 5.87. The Bertz CT molecular complexity index is 469. The van der Waals surface area contributed by atoms with Crippen molar-refractivity contribution in [2.45, 2.75) is 6.04 Å². The molecule has 2 aromatic rings. The Balaban J connectivity index is 2.32. The molecule has 0 amide bonds. The first kappa shape index (κ1) is 11.5. The van der Waals surface area contributed by atoms with E-state index in [4.69, 9.17) is 17.4 Å². The van der Waals surface area contributed by atoms with Crippen molar-refractivity contribution < 1.29 is 4.39 Å². The summed E-state index contributed by atoms with van der Waals surface area (Å²) in [5.41, 5.74) is 3.60. The molecular weight excluding hydrogens is 247 g/mol. The van der Waals surface area contributed by atoms with Crippen LogP contribution in [0.4, 0.5) is 4.39 Å². The minimum Gasteiger partial charge on any atom is -0.271 e. The summed E-state index contributed by atoms with van der Waals surface area (Å²) < 4.78 is 13.5. The molecule has 5 heteroatoms. The number of benzene rings is 1. The predicted octanol–water partition coefficient (Wildman–Crippen LogP) is 3.09.